The molecule has 0 radical (unpaired) electrons. The molecule has 0 aliphatic heterocycles. The smallest absolute Gasteiger partial charge is 0.237 e. The van der Waals surface area contributed by atoms with E-state index in [1.54, 1.807) is 18.3 Å². The van der Waals surface area contributed by atoms with Crippen LogP contribution in [0.5, 0.6) is 11.6 Å². The number of nitrogens with zero attached hydrogens (tertiary/aromatic N) is 2. The van der Waals surface area contributed by atoms with Gasteiger partial charge in [0.05, 0.1) is 12.4 Å². The molecule has 0 aliphatic rings. The molecule has 1 aromatic carbocycles. The molecule has 16 heavy (non-hydrogen) atoms. The van der Waals surface area contributed by atoms with Crippen LogP contribution >= 0.6 is 11.8 Å². The minimum absolute atomic E-state index is 0.295. The molecular formula is C11H9FN2OS. The maximum absolute atomic E-state index is 12.6. The van der Waals surface area contributed by atoms with E-state index in [-0.39, 0.29) is 5.82 Å². The predicted molar refractivity (Wildman–Crippen MR) is 60.3 cm³/mol. The van der Waals surface area contributed by atoms with Crippen molar-refractivity contribution in [2.75, 3.05) is 6.26 Å². The Morgan fingerprint density at radius 2 is 1.88 bits per heavy atom. The first kappa shape index (κ1) is 10.9. The molecule has 5 heteroatoms. The quantitative estimate of drug-likeness (QED) is 0.767. The lowest BCUT2D eigenvalue weighted by atomic mass is 10.3. The Kier molecular flexibility index (Phi) is 3.36. The maximum atomic E-state index is 12.6. The molecule has 0 saturated heterocycles. The normalized spacial score (nSPS) is 10.1. The summed E-state index contributed by atoms with van der Waals surface area (Å²) in [6.07, 6.45) is 5.09. The third-order valence-electron chi connectivity index (χ3n) is 1.85. The molecule has 0 unspecified atom stereocenters. The van der Waals surface area contributed by atoms with Crippen molar-refractivity contribution < 1.29 is 9.13 Å². The van der Waals surface area contributed by atoms with E-state index < -0.39 is 0 Å². The van der Waals surface area contributed by atoms with Gasteiger partial charge in [-0.2, -0.15) is 0 Å². The molecule has 2 rings (SSSR count). The lowest BCUT2D eigenvalue weighted by Crippen LogP contribution is -1.90. The molecule has 2 aromatic rings. The Labute approximate surface area is 96.7 Å². The van der Waals surface area contributed by atoms with E-state index in [1.807, 2.05) is 6.26 Å². The number of ether oxygens (including phenoxy) is 1. The van der Waals surface area contributed by atoms with E-state index in [9.17, 15) is 4.39 Å². The largest absolute Gasteiger partial charge is 0.438 e. The van der Waals surface area contributed by atoms with E-state index in [0.29, 0.717) is 11.6 Å². The molecule has 82 valence electrons. The third-order valence-corrected chi connectivity index (χ3v) is 2.48. The number of halogens is 1. The van der Waals surface area contributed by atoms with Gasteiger partial charge in [-0.25, -0.2) is 14.4 Å². The monoisotopic (exact) mass is 236 g/mol. The van der Waals surface area contributed by atoms with Crippen molar-refractivity contribution in [3.05, 3.63) is 42.5 Å². The zero-order valence-corrected chi connectivity index (χ0v) is 9.37. The molecule has 1 aromatic heterocycles. The van der Waals surface area contributed by atoms with Crippen molar-refractivity contribution in [1.82, 2.24) is 9.97 Å². The second-order valence-electron chi connectivity index (χ2n) is 2.95. The summed E-state index contributed by atoms with van der Waals surface area (Å²) >= 11 is 1.51. The topological polar surface area (TPSA) is 35.0 Å². The summed E-state index contributed by atoms with van der Waals surface area (Å²) in [5, 5.41) is 0.825. The van der Waals surface area contributed by atoms with Gasteiger partial charge in [-0.05, 0) is 30.5 Å². The summed E-state index contributed by atoms with van der Waals surface area (Å²) in [6.45, 7) is 0. The highest BCUT2D eigenvalue weighted by Crippen LogP contribution is 2.19. The van der Waals surface area contributed by atoms with Crippen LogP contribution in [0, 0.1) is 5.82 Å². The Morgan fingerprint density at radius 3 is 2.44 bits per heavy atom. The number of hydrogen-bond acceptors (Lipinski definition) is 4. The van der Waals surface area contributed by atoms with Gasteiger partial charge in [0.15, 0.2) is 0 Å². The van der Waals surface area contributed by atoms with Crippen LogP contribution in [0.2, 0.25) is 0 Å². The molecule has 0 aliphatic carbocycles. The van der Waals surface area contributed by atoms with Crippen LogP contribution in [0.25, 0.3) is 0 Å². The Balaban J connectivity index is 2.11. The van der Waals surface area contributed by atoms with Crippen molar-refractivity contribution in [2.45, 2.75) is 5.03 Å². The number of hydrogen-bond donors (Lipinski definition) is 0. The number of rotatable bonds is 3. The van der Waals surface area contributed by atoms with E-state index in [0.717, 1.165) is 5.03 Å². The molecule has 0 spiro atoms. The summed E-state index contributed by atoms with van der Waals surface area (Å²) in [5.74, 6) is 0.633. The van der Waals surface area contributed by atoms with Gasteiger partial charge >= 0.3 is 0 Å². The summed E-state index contributed by atoms with van der Waals surface area (Å²) in [5.41, 5.74) is 0. The first-order chi connectivity index (χ1) is 7.78. The highest BCUT2D eigenvalue weighted by molar-refractivity contribution is 7.98. The summed E-state index contributed by atoms with van der Waals surface area (Å²) in [7, 11) is 0. The molecule has 1 heterocycles. The molecule has 3 nitrogen and oxygen atoms in total. The minimum Gasteiger partial charge on any atom is -0.438 e. The average Bonchev–Trinajstić information content (AvgIpc) is 2.33. The molecule has 0 bridgehead atoms. The average molecular weight is 236 g/mol. The zero-order chi connectivity index (χ0) is 11.4. The van der Waals surface area contributed by atoms with Crippen LogP contribution in [-0.2, 0) is 0 Å². The van der Waals surface area contributed by atoms with Gasteiger partial charge in [-0.1, -0.05) is 0 Å². The molecule has 0 N–H and O–H groups in total. The second kappa shape index (κ2) is 4.94. The molecular weight excluding hydrogens is 227 g/mol. The van der Waals surface area contributed by atoms with Gasteiger partial charge in [-0.15, -0.1) is 11.8 Å². The first-order valence-corrected chi connectivity index (χ1v) is 5.80. The SMILES string of the molecule is CSc1cnc(Oc2ccc(F)cc2)cn1. The first-order valence-electron chi connectivity index (χ1n) is 4.57. The molecule has 0 atom stereocenters. The number of thioether (sulfide) groups is 1. The fourth-order valence-corrected chi connectivity index (χ4v) is 1.40. The van der Waals surface area contributed by atoms with E-state index >= 15 is 0 Å². The second-order valence-corrected chi connectivity index (χ2v) is 3.78. The van der Waals surface area contributed by atoms with Gasteiger partial charge in [0, 0.05) is 0 Å². The van der Waals surface area contributed by atoms with Gasteiger partial charge in [0.1, 0.15) is 16.6 Å². The third kappa shape index (κ3) is 2.70. The van der Waals surface area contributed by atoms with Gasteiger partial charge in [0.2, 0.25) is 5.88 Å². The van der Waals surface area contributed by atoms with Crippen LogP contribution in [0.15, 0.2) is 41.7 Å². The lowest BCUT2D eigenvalue weighted by molar-refractivity contribution is 0.457. The summed E-state index contributed by atoms with van der Waals surface area (Å²) in [6, 6.07) is 5.75. The van der Waals surface area contributed by atoms with Crippen molar-refractivity contribution in [2.24, 2.45) is 0 Å². The Morgan fingerprint density at radius 1 is 1.12 bits per heavy atom. The van der Waals surface area contributed by atoms with Crippen LogP contribution in [0.3, 0.4) is 0 Å². The Hall–Kier alpha value is -1.62. The fourth-order valence-electron chi connectivity index (χ4n) is 1.09. The van der Waals surface area contributed by atoms with Crippen LogP contribution < -0.4 is 4.74 Å². The molecule has 0 amide bonds. The van der Waals surface area contributed by atoms with Gasteiger partial charge < -0.3 is 4.74 Å². The van der Waals surface area contributed by atoms with Crippen LogP contribution in [0.4, 0.5) is 4.39 Å². The van der Waals surface area contributed by atoms with Crippen LogP contribution in [-0.4, -0.2) is 16.2 Å². The van der Waals surface area contributed by atoms with Crippen molar-refractivity contribution in [3.63, 3.8) is 0 Å². The zero-order valence-electron chi connectivity index (χ0n) is 8.55. The van der Waals surface area contributed by atoms with Gasteiger partial charge in [-0.3, -0.25) is 0 Å². The van der Waals surface area contributed by atoms with E-state index in [2.05, 4.69) is 9.97 Å². The summed E-state index contributed by atoms with van der Waals surface area (Å²) < 4.78 is 18.0. The van der Waals surface area contributed by atoms with Crippen molar-refractivity contribution >= 4 is 11.8 Å². The Bertz CT molecular complexity index is 458. The van der Waals surface area contributed by atoms with E-state index in [4.69, 9.17) is 4.74 Å². The van der Waals surface area contributed by atoms with Gasteiger partial charge in [0.25, 0.3) is 0 Å². The van der Waals surface area contributed by atoms with Crippen LogP contribution in [0.1, 0.15) is 0 Å². The minimum atomic E-state index is -0.295. The predicted octanol–water partition coefficient (Wildman–Crippen LogP) is 3.13. The number of aromatic nitrogens is 2. The highest BCUT2D eigenvalue weighted by atomic mass is 32.2. The van der Waals surface area contributed by atoms with E-state index in [1.165, 1.54) is 30.1 Å². The summed E-state index contributed by atoms with van der Waals surface area (Å²) in [4.78, 5) is 8.18. The van der Waals surface area contributed by atoms with Crippen molar-refractivity contribution in [1.29, 1.82) is 0 Å². The lowest BCUT2D eigenvalue weighted by Gasteiger charge is -2.03. The fraction of sp³-hybridized carbons (Fsp3) is 0.0909. The standard InChI is InChI=1S/C11H9FN2OS/c1-16-11-7-13-10(6-14-11)15-9-4-2-8(12)3-5-9/h2-7H,1H3. The molecule has 0 fully saturated rings. The highest BCUT2D eigenvalue weighted by Gasteiger charge is 2.00. The number of benzene rings is 1. The maximum Gasteiger partial charge on any atom is 0.237 e. The molecule has 0 saturated carbocycles. The van der Waals surface area contributed by atoms with Crippen molar-refractivity contribution in [3.8, 4) is 11.6 Å².